The third-order valence-corrected chi connectivity index (χ3v) is 3.56. The van der Waals surface area contributed by atoms with Gasteiger partial charge in [0.25, 0.3) is 0 Å². The van der Waals surface area contributed by atoms with Gasteiger partial charge in [-0.25, -0.2) is 4.21 Å². The van der Waals surface area contributed by atoms with E-state index in [1.807, 2.05) is 0 Å². The summed E-state index contributed by atoms with van der Waals surface area (Å²) >= 11 is 0. The number of alkyl halides is 3. The summed E-state index contributed by atoms with van der Waals surface area (Å²) in [4.78, 5) is -0.212. The molecule has 0 heterocycles. The number of halogens is 3. The van der Waals surface area contributed by atoms with Crippen molar-refractivity contribution in [3.8, 4) is 11.1 Å². The van der Waals surface area contributed by atoms with Gasteiger partial charge in [-0.1, -0.05) is 48.5 Å². The molecule has 0 spiro atoms. The lowest BCUT2D eigenvalue weighted by Crippen LogP contribution is -2.16. The zero-order valence-corrected chi connectivity index (χ0v) is 9.96. The summed E-state index contributed by atoms with van der Waals surface area (Å²) in [6.07, 6.45) is 0. The first kappa shape index (κ1) is 12.8. The maximum atomic E-state index is 12.5. The van der Waals surface area contributed by atoms with Gasteiger partial charge in [0.15, 0.2) is 10.8 Å². The molecule has 2 rings (SSSR count). The van der Waals surface area contributed by atoms with E-state index < -0.39 is 16.3 Å². The first-order valence-corrected chi connectivity index (χ1v) is 6.28. The predicted octanol–water partition coefficient (Wildman–Crippen LogP) is 3.98. The number of benzene rings is 2. The molecule has 0 amide bonds. The molecule has 0 radical (unpaired) electrons. The highest BCUT2D eigenvalue weighted by atomic mass is 32.2. The lowest BCUT2D eigenvalue weighted by atomic mass is 10.1. The number of rotatable bonds is 2. The van der Waals surface area contributed by atoms with E-state index in [1.165, 1.54) is 18.2 Å². The molecule has 2 aromatic rings. The van der Waals surface area contributed by atoms with Crippen molar-refractivity contribution < 1.29 is 17.4 Å². The fourth-order valence-corrected chi connectivity index (χ4v) is 2.45. The third-order valence-electron chi connectivity index (χ3n) is 2.38. The minimum Gasteiger partial charge on any atom is -0.245 e. The maximum Gasteiger partial charge on any atom is 0.475 e. The van der Waals surface area contributed by atoms with Gasteiger partial charge in [0.2, 0.25) is 0 Å². The van der Waals surface area contributed by atoms with Crippen LogP contribution in [0.2, 0.25) is 0 Å². The van der Waals surface area contributed by atoms with Crippen molar-refractivity contribution in [2.45, 2.75) is 10.4 Å². The summed E-state index contributed by atoms with van der Waals surface area (Å²) in [7, 11) is -3.01. The minimum absolute atomic E-state index is 0.212. The summed E-state index contributed by atoms with van der Waals surface area (Å²) in [6.45, 7) is 0. The average molecular weight is 270 g/mol. The monoisotopic (exact) mass is 270 g/mol. The second-order valence-electron chi connectivity index (χ2n) is 3.58. The lowest BCUT2D eigenvalue weighted by Gasteiger charge is -2.11. The molecular weight excluding hydrogens is 261 g/mol. The van der Waals surface area contributed by atoms with Crippen LogP contribution in [0.25, 0.3) is 11.1 Å². The number of hydrogen-bond donors (Lipinski definition) is 0. The van der Waals surface area contributed by atoms with Gasteiger partial charge in [-0.2, -0.15) is 13.2 Å². The second-order valence-corrected chi connectivity index (χ2v) is 5.02. The van der Waals surface area contributed by atoms with Crippen LogP contribution in [0.3, 0.4) is 0 Å². The van der Waals surface area contributed by atoms with Gasteiger partial charge < -0.3 is 0 Å². The molecule has 2 aromatic carbocycles. The second kappa shape index (κ2) is 4.94. The molecule has 18 heavy (non-hydrogen) atoms. The Kier molecular flexibility index (Phi) is 3.52. The molecule has 0 fully saturated rings. The van der Waals surface area contributed by atoms with Crippen LogP contribution in [-0.2, 0) is 10.8 Å². The molecule has 0 saturated carbocycles. The van der Waals surface area contributed by atoms with Gasteiger partial charge in [-0.3, -0.25) is 0 Å². The van der Waals surface area contributed by atoms with Gasteiger partial charge in [-0.05, 0) is 17.2 Å². The van der Waals surface area contributed by atoms with E-state index in [1.54, 1.807) is 36.4 Å². The third kappa shape index (κ3) is 2.61. The van der Waals surface area contributed by atoms with Crippen LogP contribution < -0.4 is 0 Å². The minimum atomic E-state index is -4.75. The van der Waals surface area contributed by atoms with Gasteiger partial charge in [-0.15, -0.1) is 0 Å². The Bertz CT molecular complexity index is 564. The molecule has 5 heteroatoms. The molecule has 0 aromatic heterocycles. The fourth-order valence-electron chi connectivity index (χ4n) is 1.61. The van der Waals surface area contributed by atoms with Crippen LogP contribution in [0, 0.1) is 0 Å². The largest absolute Gasteiger partial charge is 0.475 e. The van der Waals surface area contributed by atoms with Gasteiger partial charge in [0.1, 0.15) is 0 Å². The van der Waals surface area contributed by atoms with E-state index >= 15 is 0 Å². The molecule has 0 bridgehead atoms. The molecule has 0 saturated heterocycles. The van der Waals surface area contributed by atoms with E-state index in [9.17, 15) is 17.4 Å². The van der Waals surface area contributed by atoms with Crippen molar-refractivity contribution in [2.24, 2.45) is 0 Å². The standard InChI is InChI=1S/C13H9F3OS/c14-13(15,16)18(17)12-9-5-4-8-11(12)10-6-2-1-3-7-10/h1-9H/t18-/m1/s1. The maximum absolute atomic E-state index is 12.5. The van der Waals surface area contributed by atoms with Gasteiger partial charge in [0.05, 0.1) is 4.90 Å². The highest BCUT2D eigenvalue weighted by molar-refractivity contribution is 7.86. The summed E-state index contributed by atoms with van der Waals surface area (Å²) in [5.41, 5.74) is -3.79. The summed E-state index contributed by atoms with van der Waals surface area (Å²) in [6, 6.07) is 14.4. The quantitative estimate of drug-likeness (QED) is 0.806. The normalized spacial score (nSPS) is 13.3. The Morgan fingerprint density at radius 2 is 1.39 bits per heavy atom. The molecule has 0 aliphatic rings. The lowest BCUT2D eigenvalue weighted by molar-refractivity contribution is -0.0384. The van der Waals surface area contributed by atoms with E-state index in [2.05, 4.69) is 0 Å². The smallest absolute Gasteiger partial charge is 0.245 e. The molecule has 0 aliphatic carbocycles. The fraction of sp³-hybridized carbons (Fsp3) is 0.0769. The zero-order chi connectivity index (χ0) is 13.2. The summed E-state index contributed by atoms with van der Waals surface area (Å²) < 4.78 is 49.0. The van der Waals surface area contributed by atoms with Crippen LogP contribution >= 0.6 is 0 Å². The van der Waals surface area contributed by atoms with Crippen molar-refractivity contribution in [2.75, 3.05) is 0 Å². The van der Waals surface area contributed by atoms with Crippen LogP contribution in [0.5, 0.6) is 0 Å². The average Bonchev–Trinajstić information content (AvgIpc) is 2.38. The molecular formula is C13H9F3OS. The SMILES string of the molecule is O=[S@](c1ccccc1-c1ccccc1)C(F)(F)F. The highest BCUT2D eigenvalue weighted by Crippen LogP contribution is 2.33. The van der Waals surface area contributed by atoms with Crippen LogP contribution in [0.4, 0.5) is 13.2 Å². The van der Waals surface area contributed by atoms with Gasteiger partial charge >= 0.3 is 5.51 Å². The van der Waals surface area contributed by atoms with Crippen LogP contribution in [-0.4, -0.2) is 9.72 Å². The Morgan fingerprint density at radius 1 is 0.833 bits per heavy atom. The Hall–Kier alpha value is -1.62. The van der Waals surface area contributed by atoms with Crippen molar-refractivity contribution >= 4 is 10.8 Å². The zero-order valence-electron chi connectivity index (χ0n) is 9.15. The molecule has 0 N–H and O–H groups in total. The number of hydrogen-bond acceptors (Lipinski definition) is 1. The molecule has 0 unspecified atom stereocenters. The van der Waals surface area contributed by atoms with Crippen LogP contribution in [0.15, 0.2) is 59.5 Å². The van der Waals surface area contributed by atoms with Gasteiger partial charge in [0, 0.05) is 0 Å². The van der Waals surface area contributed by atoms with E-state index in [4.69, 9.17) is 0 Å². The van der Waals surface area contributed by atoms with Crippen molar-refractivity contribution in [3.05, 3.63) is 54.6 Å². The van der Waals surface area contributed by atoms with E-state index in [0.29, 0.717) is 11.1 Å². The molecule has 1 atom stereocenters. The Morgan fingerprint density at radius 3 is 2.00 bits per heavy atom. The van der Waals surface area contributed by atoms with E-state index in [-0.39, 0.29) is 4.90 Å². The molecule has 1 nitrogen and oxygen atoms in total. The first-order chi connectivity index (χ1) is 8.50. The van der Waals surface area contributed by atoms with Crippen LogP contribution in [0.1, 0.15) is 0 Å². The Balaban J connectivity index is 2.54. The molecule has 94 valence electrons. The van der Waals surface area contributed by atoms with Crippen molar-refractivity contribution in [1.82, 2.24) is 0 Å². The topological polar surface area (TPSA) is 17.1 Å². The summed E-state index contributed by atoms with van der Waals surface area (Å²) in [5.74, 6) is 0. The van der Waals surface area contributed by atoms with E-state index in [0.717, 1.165) is 0 Å². The van der Waals surface area contributed by atoms with Crippen molar-refractivity contribution in [1.29, 1.82) is 0 Å². The molecule has 0 aliphatic heterocycles. The first-order valence-electron chi connectivity index (χ1n) is 5.13. The highest BCUT2D eigenvalue weighted by Gasteiger charge is 2.39. The Labute approximate surface area is 105 Å². The van der Waals surface area contributed by atoms with Crippen molar-refractivity contribution in [3.63, 3.8) is 0 Å². The predicted molar refractivity (Wildman–Crippen MR) is 64.3 cm³/mol. The summed E-state index contributed by atoms with van der Waals surface area (Å²) in [5, 5.41) is 0.